The van der Waals surface area contributed by atoms with Crippen LogP contribution in [-0.4, -0.2) is 50.6 Å². The van der Waals surface area contributed by atoms with Crippen LogP contribution in [0, 0.1) is 0 Å². The van der Waals surface area contributed by atoms with Gasteiger partial charge in [-0.05, 0) is 25.1 Å². The van der Waals surface area contributed by atoms with Gasteiger partial charge in [-0.25, -0.2) is 15.0 Å². The molecule has 0 radical (unpaired) electrons. The van der Waals surface area contributed by atoms with Crippen LogP contribution in [0.1, 0.15) is 43.7 Å². The fourth-order valence-corrected chi connectivity index (χ4v) is 4.25. The summed E-state index contributed by atoms with van der Waals surface area (Å²) < 4.78 is 40.8. The van der Waals surface area contributed by atoms with E-state index in [2.05, 4.69) is 30.7 Å². The Morgan fingerprint density at radius 2 is 1.86 bits per heavy atom. The largest absolute Gasteiger partial charge is 0.416 e. The van der Waals surface area contributed by atoms with Crippen LogP contribution in [0.5, 0.6) is 0 Å². The second kappa shape index (κ2) is 9.53. The third kappa shape index (κ3) is 4.98. The van der Waals surface area contributed by atoms with Gasteiger partial charge in [-0.2, -0.15) is 18.3 Å². The first kappa shape index (κ1) is 25.0. The number of fused-ring (bicyclic) bond motifs is 1. The van der Waals surface area contributed by atoms with E-state index < -0.39 is 29.6 Å². The van der Waals surface area contributed by atoms with Crippen LogP contribution in [0.25, 0.3) is 11.0 Å². The highest BCUT2D eigenvalue weighted by Gasteiger charge is 2.31. The first-order valence-electron chi connectivity index (χ1n) is 10.5. The van der Waals surface area contributed by atoms with Crippen molar-refractivity contribution in [2.24, 2.45) is 7.05 Å². The monoisotopic (exact) mass is 518 g/mol. The molecule has 3 aromatic heterocycles. The molecule has 2 amide bonds. The number of thiazole rings is 1. The summed E-state index contributed by atoms with van der Waals surface area (Å²) in [7, 11) is 4.86. The SMILES string of the molecule is CC(NC(=O)c1ncnc2c1cnn2C)c1ncc(C(=O)Nc2ccc(C(F)(F)F)cc2N(C)C)s1. The maximum atomic E-state index is 13.1. The van der Waals surface area contributed by atoms with Crippen molar-refractivity contribution < 1.29 is 22.8 Å². The molecule has 0 spiro atoms. The molecule has 188 valence electrons. The number of hydrogen-bond donors (Lipinski definition) is 2. The molecule has 4 aromatic rings. The third-order valence-electron chi connectivity index (χ3n) is 5.26. The van der Waals surface area contributed by atoms with Crippen molar-refractivity contribution in [1.82, 2.24) is 30.0 Å². The summed E-state index contributed by atoms with van der Waals surface area (Å²) in [5, 5.41) is 10.5. The lowest BCUT2D eigenvalue weighted by Gasteiger charge is -2.19. The minimum Gasteiger partial charge on any atom is -0.376 e. The van der Waals surface area contributed by atoms with Crippen LogP contribution in [0.3, 0.4) is 0 Å². The lowest BCUT2D eigenvalue weighted by Crippen LogP contribution is -2.27. The number of nitrogens with one attached hydrogen (secondary N) is 2. The first-order valence-corrected chi connectivity index (χ1v) is 11.4. The molecule has 14 heteroatoms. The van der Waals surface area contributed by atoms with Crippen molar-refractivity contribution in [1.29, 1.82) is 0 Å². The van der Waals surface area contributed by atoms with E-state index in [4.69, 9.17) is 0 Å². The van der Waals surface area contributed by atoms with E-state index >= 15 is 0 Å². The number of aromatic nitrogens is 5. The molecule has 1 aromatic carbocycles. The zero-order chi connectivity index (χ0) is 26.2. The molecule has 0 aliphatic carbocycles. The number of amides is 2. The molecular formula is C22H21F3N8O2S. The quantitative estimate of drug-likeness (QED) is 0.400. The molecule has 0 saturated heterocycles. The molecule has 0 aliphatic heterocycles. The molecule has 3 heterocycles. The maximum absolute atomic E-state index is 13.1. The van der Waals surface area contributed by atoms with Crippen molar-refractivity contribution >= 4 is 45.6 Å². The zero-order valence-electron chi connectivity index (χ0n) is 19.6. The first-order chi connectivity index (χ1) is 17.0. The molecular weight excluding hydrogens is 497 g/mol. The van der Waals surface area contributed by atoms with Gasteiger partial charge >= 0.3 is 6.18 Å². The van der Waals surface area contributed by atoms with E-state index in [-0.39, 0.29) is 21.9 Å². The van der Waals surface area contributed by atoms with Crippen LogP contribution >= 0.6 is 11.3 Å². The normalized spacial score (nSPS) is 12.4. The number of benzene rings is 1. The van der Waals surface area contributed by atoms with Crippen molar-refractivity contribution in [3.05, 3.63) is 58.1 Å². The Kier molecular flexibility index (Phi) is 6.63. The van der Waals surface area contributed by atoms with Crippen molar-refractivity contribution in [3.8, 4) is 0 Å². The predicted octanol–water partition coefficient (Wildman–Crippen LogP) is 3.65. The number of rotatable bonds is 6. The van der Waals surface area contributed by atoms with E-state index in [1.165, 1.54) is 34.4 Å². The molecule has 2 N–H and O–H groups in total. The number of carbonyl (C=O) groups excluding carboxylic acids is 2. The van der Waals surface area contributed by atoms with E-state index in [1.807, 2.05) is 0 Å². The third-order valence-corrected chi connectivity index (χ3v) is 6.44. The van der Waals surface area contributed by atoms with Crippen LogP contribution in [-0.2, 0) is 13.2 Å². The van der Waals surface area contributed by atoms with Crippen molar-refractivity contribution in [2.45, 2.75) is 19.1 Å². The summed E-state index contributed by atoms with van der Waals surface area (Å²) in [5.74, 6) is -0.988. The highest BCUT2D eigenvalue weighted by molar-refractivity contribution is 7.13. The minimum atomic E-state index is -4.50. The van der Waals surface area contributed by atoms with Gasteiger partial charge in [-0.1, -0.05) is 0 Å². The van der Waals surface area contributed by atoms with Gasteiger partial charge < -0.3 is 15.5 Å². The van der Waals surface area contributed by atoms with Gasteiger partial charge in [0.2, 0.25) is 0 Å². The van der Waals surface area contributed by atoms with E-state index in [0.29, 0.717) is 16.0 Å². The van der Waals surface area contributed by atoms with Crippen LogP contribution < -0.4 is 15.5 Å². The summed E-state index contributed by atoms with van der Waals surface area (Å²) in [6, 6.07) is 2.54. The van der Waals surface area contributed by atoms with Crippen LogP contribution in [0.2, 0.25) is 0 Å². The molecule has 10 nitrogen and oxygen atoms in total. The topological polar surface area (TPSA) is 118 Å². The van der Waals surface area contributed by atoms with Crippen molar-refractivity contribution in [2.75, 3.05) is 24.3 Å². The second-order valence-corrected chi connectivity index (χ2v) is 9.13. The summed E-state index contributed by atoms with van der Waals surface area (Å²) in [4.78, 5) is 39.7. The second-order valence-electron chi connectivity index (χ2n) is 8.06. The molecule has 0 fully saturated rings. The van der Waals surface area contributed by atoms with E-state index in [0.717, 1.165) is 23.5 Å². The van der Waals surface area contributed by atoms with Gasteiger partial charge in [0.1, 0.15) is 21.9 Å². The Morgan fingerprint density at radius 3 is 2.56 bits per heavy atom. The summed E-state index contributed by atoms with van der Waals surface area (Å²) in [6.07, 6.45) is -0.376. The molecule has 1 atom stereocenters. The fourth-order valence-electron chi connectivity index (χ4n) is 3.43. The lowest BCUT2D eigenvalue weighted by molar-refractivity contribution is -0.137. The average molecular weight is 519 g/mol. The Balaban J connectivity index is 1.48. The van der Waals surface area contributed by atoms with E-state index in [1.54, 1.807) is 28.1 Å². The summed E-state index contributed by atoms with van der Waals surface area (Å²) in [6.45, 7) is 1.71. The lowest BCUT2D eigenvalue weighted by atomic mass is 10.1. The molecule has 0 saturated carbocycles. The molecule has 1 unspecified atom stereocenters. The van der Waals surface area contributed by atoms with Gasteiger partial charge in [0.15, 0.2) is 5.65 Å². The Hall–Kier alpha value is -4.07. The van der Waals surface area contributed by atoms with Gasteiger partial charge in [-0.3, -0.25) is 14.3 Å². The van der Waals surface area contributed by atoms with Gasteiger partial charge in [0.05, 0.1) is 40.8 Å². The number of anilines is 2. The average Bonchev–Trinajstić information content (AvgIpc) is 3.46. The number of carbonyl (C=O) groups is 2. The highest BCUT2D eigenvalue weighted by Crippen LogP contribution is 2.35. The standard InChI is InChI=1S/C22H21F3N8O2S/c1-11(30-20(35)17-13-8-29-33(4)18(13)28-10-27-17)21-26-9-16(36-21)19(34)31-14-6-5-12(22(23,24)25)7-15(14)32(2)3/h5-11H,1-4H3,(H,30,35)(H,31,34). The predicted molar refractivity (Wildman–Crippen MR) is 128 cm³/mol. The zero-order valence-corrected chi connectivity index (χ0v) is 20.4. The van der Waals surface area contributed by atoms with Gasteiger partial charge in [0.25, 0.3) is 11.8 Å². The number of hydrogen-bond acceptors (Lipinski definition) is 8. The van der Waals surface area contributed by atoms with Crippen LogP contribution in [0.4, 0.5) is 24.5 Å². The highest BCUT2D eigenvalue weighted by atomic mass is 32.1. The molecule has 0 bridgehead atoms. The van der Waals surface area contributed by atoms with Crippen molar-refractivity contribution in [3.63, 3.8) is 0 Å². The van der Waals surface area contributed by atoms with Gasteiger partial charge in [0, 0.05) is 21.1 Å². The molecule has 4 rings (SSSR count). The smallest absolute Gasteiger partial charge is 0.376 e. The summed E-state index contributed by atoms with van der Waals surface area (Å²) >= 11 is 1.05. The minimum absolute atomic E-state index is 0.160. The number of alkyl halides is 3. The Bertz CT molecular complexity index is 1450. The van der Waals surface area contributed by atoms with Gasteiger partial charge in [-0.15, -0.1) is 11.3 Å². The number of aryl methyl sites for hydroxylation is 1. The molecule has 0 aliphatic rings. The summed E-state index contributed by atoms with van der Waals surface area (Å²) in [5.41, 5.74) is 0.277. The maximum Gasteiger partial charge on any atom is 0.416 e. The van der Waals surface area contributed by atoms with E-state index in [9.17, 15) is 22.8 Å². The number of nitrogens with zero attached hydrogens (tertiary/aromatic N) is 6. The molecule has 36 heavy (non-hydrogen) atoms. The fraction of sp³-hybridized carbons (Fsp3) is 0.273. The van der Waals surface area contributed by atoms with Crippen LogP contribution in [0.15, 0.2) is 36.9 Å². The Morgan fingerprint density at radius 1 is 1.11 bits per heavy atom. The number of halogens is 3. The Labute approximate surface area is 207 Å².